The van der Waals surface area contributed by atoms with Crippen molar-refractivity contribution in [3.63, 3.8) is 0 Å². The Bertz CT molecular complexity index is 2010. The van der Waals surface area contributed by atoms with E-state index in [1.54, 1.807) is 0 Å². The van der Waals surface area contributed by atoms with Crippen molar-refractivity contribution in [1.82, 2.24) is 30.1 Å². The number of nitrogens with two attached hydrogens (primary N) is 2. The van der Waals surface area contributed by atoms with Gasteiger partial charge in [-0.1, -0.05) is 0 Å². The maximum absolute atomic E-state index is 13.5. The van der Waals surface area contributed by atoms with Gasteiger partial charge in [-0.3, -0.25) is 14.6 Å². The van der Waals surface area contributed by atoms with Crippen molar-refractivity contribution in [3.05, 3.63) is 29.1 Å². The molecule has 31 heteroatoms. The van der Waals surface area contributed by atoms with Crippen molar-refractivity contribution in [2.75, 3.05) is 24.7 Å². The first kappa shape index (κ1) is 40.1. The van der Waals surface area contributed by atoms with Crippen LogP contribution in [-0.4, -0.2) is 137 Å². The SMILES string of the molecule is Nc1nc(F)nc2c([C@@H]3O[C@H](COP(=O)(O)OP(=O)(O)OP(=O)(O)O)[C@@H](O)[C@H]3O)[nH]nc12.Nc1nc(F)nc2c1CN=C2[C@@H]1O[C@H](CO)[C@@H](O)[C@H]1O. The lowest BCUT2D eigenvalue weighted by Crippen LogP contribution is -2.37. The summed E-state index contributed by atoms with van der Waals surface area (Å²) in [5, 5.41) is 55.2. The molecule has 0 spiro atoms. The van der Waals surface area contributed by atoms with E-state index >= 15 is 0 Å². The lowest BCUT2D eigenvalue weighted by Gasteiger charge is -2.19. The number of aliphatic imine (C=N–C) groups is 1. The summed E-state index contributed by atoms with van der Waals surface area (Å²) in [6.45, 7) is -1.33. The van der Waals surface area contributed by atoms with E-state index in [9.17, 15) is 47.8 Å². The Morgan fingerprint density at radius 1 is 0.788 bits per heavy atom. The van der Waals surface area contributed by atoms with E-state index in [-0.39, 0.29) is 46.3 Å². The van der Waals surface area contributed by atoms with E-state index in [1.807, 2.05) is 0 Å². The van der Waals surface area contributed by atoms with Crippen LogP contribution in [0.2, 0.25) is 0 Å². The minimum atomic E-state index is -5.74. The first-order chi connectivity index (χ1) is 24.1. The predicted octanol–water partition coefficient (Wildman–Crippen LogP) is -3.44. The largest absolute Gasteiger partial charge is 0.490 e. The predicted molar refractivity (Wildman–Crippen MR) is 160 cm³/mol. The zero-order valence-corrected chi connectivity index (χ0v) is 28.1. The summed E-state index contributed by atoms with van der Waals surface area (Å²) in [6, 6.07) is 0. The fraction of sp³-hybridized carbons (Fsp3) is 0.524. The molecule has 14 N–H and O–H groups in total. The van der Waals surface area contributed by atoms with Gasteiger partial charge in [-0.15, -0.1) is 0 Å². The average molecular weight is 809 g/mol. The Balaban J connectivity index is 0.000000223. The molecule has 3 aliphatic rings. The number of nitrogen functional groups attached to an aromatic ring is 2. The third kappa shape index (κ3) is 8.64. The van der Waals surface area contributed by atoms with Crippen molar-refractivity contribution in [2.24, 2.45) is 4.99 Å². The molecule has 0 radical (unpaired) electrons. The summed E-state index contributed by atoms with van der Waals surface area (Å²) in [5.41, 5.74) is 11.6. The summed E-state index contributed by atoms with van der Waals surface area (Å²) >= 11 is 0. The minimum Gasteiger partial charge on any atom is -0.394 e. The van der Waals surface area contributed by atoms with Crippen LogP contribution in [0, 0.1) is 12.2 Å². The molecule has 3 aromatic rings. The highest BCUT2D eigenvalue weighted by Gasteiger charge is 2.48. The lowest BCUT2D eigenvalue weighted by atomic mass is 10.0. The second-order valence-electron chi connectivity index (χ2n) is 10.8. The van der Waals surface area contributed by atoms with E-state index in [2.05, 4.69) is 48.3 Å². The molecule has 6 rings (SSSR count). The van der Waals surface area contributed by atoms with E-state index in [4.69, 9.17) is 40.7 Å². The molecule has 288 valence electrons. The molecule has 10 atom stereocenters. The second-order valence-corrected chi connectivity index (χ2v) is 15.3. The maximum atomic E-state index is 13.5. The molecular weight excluding hydrogens is 781 g/mol. The first-order valence-corrected chi connectivity index (χ1v) is 18.6. The minimum absolute atomic E-state index is 0.0157. The summed E-state index contributed by atoms with van der Waals surface area (Å²) in [5.74, 6) is -0.342. The Morgan fingerprint density at radius 3 is 2.02 bits per heavy atom. The number of aromatic amines is 1. The third-order valence-corrected chi connectivity index (χ3v) is 11.2. The summed E-state index contributed by atoms with van der Waals surface area (Å²) in [6.07, 6.45) is -13.1. The van der Waals surface area contributed by atoms with Gasteiger partial charge in [0, 0.05) is 5.56 Å². The average Bonchev–Trinajstić information content (AvgIpc) is 3.76. The van der Waals surface area contributed by atoms with Crippen molar-refractivity contribution in [3.8, 4) is 0 Å². The monoisotopic (exact) mass is 809 g/mol. The van der Waals surface area contributed by atoms with E-state index in [1.165, 1.54) is 0 Å². The molecule has 0 aromatic carbocycles. The van der Waals surface area contributed by atoms with Gasteiger partial charge in [0.1, 0.15) is 65.9 Å². The van der Waals surface area contributed by atoms with Crippen LogP contribution >= 0.6 is 23.5 Å². The highest BCUT2D eigenvalue weighted by molar-refractivity contribution is 7.66. The molecule has 0 saturated carbocycles. The number of nitrogens with zero attached hydrogens (tertiary/aromatic N) is 6. The molecule has 0 bridgehead atoms. The van der Waals surface area contributed by atoms with Gasteiger partial charge in [0.05, 0.1) is 31.2 Å². The van der Waals surface area contributed by atoms with E-state index < -0.39 is 97.7 Å². The lowest BCUT2D eigenvalue weighted by molar-refractivity contribution is -0.0231. The molecule has 26 nitrogen and oxygen atoms in total. The first-order valence-electron chi connectivity index (χ1n) is 14.1. The van der Waals surface area contributed by atoms with Crippen LogP contribution < -0.4 is 11.5 Å². The highest BCUT2D eigenvalue weighted by Crippen LogP contribution is 2.66. The van der Waals surface area contributed by atoms with Gasteiger partial charge >= 0.3 is 35.6 Å². The van der Waals surface area contributed by atoms with Crippen LogP contribution in [0.4, 0.5) is 20.4 Å². The van der Waals surface area contributed by atoms with Crippen LogP contribution in [0.25, 0.3) is 11.0 Å². The molecule has 3 aliphatic heterocycles. The van der Waals surface area contributed by atoms with Crippen molar-refractivity contribution < 1.29 is 90.2 Å². The third-order valence-electron chi connectivity index (χ3n) is 7.37. The van der Waals surface area contributed by atoms with Gasteiger partial charge < -0.3 is 66.0 Å². The molecule has 0 aliphatic carbocycles. The zero-order chi connectivity index (χ0) is 38.5. The summed E-state index contributed by atoms with van der Waals surface area (Å²) in [4.78, 5) is 53.5. The number of aromatic nitrogens is 6. The zero-order valence-electron chi connectivity index (χ0n) is 25.5. The van der Waals surface area contributed by atoms with Gasteiger partial charge in [0.15, 0.2) is 11.3 Å². The molecular formula is C21H28F2N9O17P3. The molecule has 2 fully saturated rings. The van der Waals surface area contributed by atoms with E-state index in [0.29, 0.717) is 5.56 Å². The van der Waals surface area contributed by atoms with Gasteiger partial charge in [-0.05, 0) is 0 Å². The Hall–Kier alpha value is -3.11. The van der Waals surface area contributed by atoms with Crippen molar-refractivity contribution >= 4 is 51.8 Å². The van der Waals surface area contributed by atoms with Gasteiger partial charge in [0.2, 0.25) is 0 Å². The standard InChI is InChI=1S/C11H13FN4O4.C10H15FN5O13P3/c12-11-15-5-3(10(13)16-11)1-14-6(5)9-8(19)7(18)4(2-17)20-9;11-10-13-3-4(15-16-5(3)9(12)14-10)8-7(18)6(17)2(27-8)1-26-31(22,23)29-32(24,25)28-30(19,20)21/h4,7-9,17-19H,1-2H2,(H2,13,15,16);2,6-8,17-18H,1H2,(H,15,16)(H,22,23)(H,24,25)(H2,12,13,14)(H2,19,20,21)/t4-,7-,8-,9+;2-,6-,7-,8+/m11/s1. The van der Waals surface area contributed by atoms with Gasteiger partial charge in [-0.25, -0.2) is 18.7 Å². The Kier molecular flexibility index (Phi) is 11.5. The Labute approximate surface area is 286 Å². The summed E-state index contributed by atoms with van der Waals surface area (Å²) < 4.78 is 82.6. The number of phosphoric ester groups is 1. The topological polar surface area (TPSA) is 424 Å². The van der Waals surface area contributed by atoms with Crippen LogP contribution in [0.1, 0.15) is 23.1 Å². The van der Waals surface area contributed by atoms with Crippen LogP contribution in [-0.2, 0) is 42.9 Å². The van der Waals surface area contributed by atoms with Crippen molar-refractivity contribution in [2.45, 2.75) is 55.4 Å². The smallest absolute Gasteiger partial charge is 0.394 e. The molecule has 6 heterocycles. The van der Waals surface area contributed by atoms with Crippen molar-refractivity contribution in [1.29, 1.82) is 0 Å². The molecule has 52 heavy (non-hydrogen) atoms. The number of hydrogen-bond donors (Lipinski definition) is 12. The van der Waals surface area contributed by atoms with Gasteiger partial charge in [0.25, 0.3) is 0 Å². The van der Waals surface area contributed by atoms with Crippen LogP contribution in [0.3, 0.4) is 0 Å². The maximum Gasteiger partial charge on any atom is 0.490 e. The number of aliphatic hydroxyl groups excluding tert-OH is 5. The molecule has 3 aromatic heterocycles. The quantitative estimate of drug-likeness (QED) is 0.0700. The molecule has 0 amide bonds. The number of rotatable bonds is 10. The highest BCUT2D eigenvalue weighted by atomic mass is 31.3. The molecule has 2 saturated heterocycles. The number of nitrogens with one attached hydrogen (secondary N) is 1. The number of aliphatic hydroxyl groups is 5. The van der Waals surface area contributed by atoms with Crippen LogP contribution in [0.15, 0.2) is 4.99 Å². The number of halogens is 2. The number of hydrogen-bond acceptors (Lipinski definition) is 21. The second kappa shape index (κ2) is 15.0. The number of ether oxygens (including phenoxy) is 2. The number of anilines is 2. The summed E-state index contributed by atoms with van der Waals surface area (Å²) in [7, 11) is -16.8. The van der Waals surface area contributed by atoms with Gasteiger partial charge in [-0.2, -0.15) is 37.5 Å². The van der Waals surface area contributed by atoms with Crippen LogP contribution in [0.5, 0.6) is 0 Å². The fourth-order valence-electron chi connectivity index (χ4n) is 5.14. The fourth-order valence-corrected chi connectivity index (χ4v) is 8.17. The Morgan fingerprint density at radius 2 is 1.38 bits per heavy atom. The number of phosphoric acid groups is 3. The number of fused-ring (bicyclic) bond motifs is 2. The molecule has 2 unspecified atom stereocenters. The number of H-pyrrole nitrogens is 1. The normalized spacial score (nSPS) is 29.6. The van der Waals surface area contributed by atoms with E-state index in [0.717, 1.165) is 0 Å².